The van der Waals surface area contributed by atoms with Crippen LogP contribution in [0.15, 0.2) is 0 Å². The second kappa shape index (κ2) is 9.15. The largest absolute Gasteiger partial charge is 0.469 e. The molecule has 16 heavy (non-hydrogen) atoms. The van der Waals surface area contributed by atoms with Gasteiger partial charge >= 0.3 is 5.97 Å². The highest BCUT2D eigenvalue weighted by atomic mass is 16.5. The van der Waals surface area contributed by atoms with Gasteiger partial charge in [0.2, 0.25) is 6.41 Å². The molecule has 1 rings (SSSR count). The van der Waals surface area contributed by atoms with Crippen molar-refractivity contribution in [3.63, 3.8) is 0 Å². The van der Waals surface area contributed by atoms with Gasteiger partial charge in [0.25, 0.3) is 0 Å². The van der Waals surface area contributed by atoms with Gasteiger partial charge in [-0.15, -0.1) is 0 Å². The van der Waals surface area contributed by atoms with E-state index < -0.39 is 0 Å². The van der Waals surface area contributed by atoms with Crippen molar-refractivity contribution in [1.82, 2.24) is 9.80 Å². The quantitative estimate of drug-likeness (QED) is 0.518. The molecule has 0 bridgehead atoms. The number of hydrogen-bond acceptors (Lipinski definition) is 4. The minimum absolute atomic E-state index is 0.123. The number of esters is 1. The zero-order valence-corrected chi connectivity index (χ0v) is 10.4. The van der Waals surface area contributed by atoms with Crippen LogP contribution in [0.5, 0.6) is 0 Å². The lowest BCUT2D eigenvalue weighted by molar-refractivity contribution is -0.140. The van der Waals surface area contributed by atoms with Crippen LogP contribution in [0.1, 0.15) is 19.8 Å². The Kier molecular flexibility index (Phi) is 8.52. The van der Waals surface area contributed by atoms with Crippen molar-refractivity contribution in [2.45, 2.75) is 19.8 Å². The summed E-state index contributed by atoms with van der Waals surface area (Å²) in [6, 6.07) is 0. The number of methoxy groups -OCH3 is 1. The summed E-state index contributed by atoms with van der Waals surface area (Å²) in [6.07, 6.45) is 2.33. The van der Waals surface area contributed by atoms with Crippen LogP contribution >= 0.6 is 0 Å². The summed E-state index contributed by atoms with van der Waals surface area (Å²) >= 11 is 0. The number of carbonyl (C=O) groups is 2. The molecule has 0 aliphatic carbocycles. The third-order valence-electron chi connectivity index (χ3n) is 2.37. The lowest BCUT2D eigenvalue weighted by Crippen LogP contribution is -2.43. The summed E-state index contributed by atoms with van der Waals surface area (Å²) in [7, 11) is 3.47. The zero-order chi connectivity index (χ0) is 12.4. The van der Waals surface area contributed by atoms with E-state index in [4.69, 9.17) is 0 Å². The second-order valence-electron chi connectivity index (χ2n) is 3.77. The molecule has 1 saturated heterocycles. The molecule has 0 atom stereocenters. The van der Waals surface area contributed by atoms with Crippen LogP contribution in [0.4, 0.5) is 0 Å². The van der Waals surface area contributed by atoms with Crippen molar-refractivity contribution < 1.29 is 14.3 Å². The second-order valence-corrected chi connectivity index (χ2v) is 3.77. The number of rotatable bonds is 3. The fraction of sp³-hybridized carbons (Fsp3) is 0.818. The lowest BCUT2D eigenvalue weighted by Gasteiger charge is -2.29. The van der Waals surface area contributed by atoms with Gasteiger partial charge in [-0.3, -0.25) is 9.59 Å². The predicted molar refractivity (Wildman–Crippen MR) is 62.1 cm³/mol. The maximum Gasteiger partial charge on any atom is 0.305 e. The van der Waals surface area contributed by atoms with Gasteiger partial charge in [-0.2, -0.15) is 0 Å². The first-order valence-corrected chi connectivity index (χ1v) is 5.58. The SMILES string of the molecule is CCCC(=O)OC.CN1CCN(C=O)CC1. The van der Waals surface area contributed by atoms with E-state index in [-0.39, 0.29) is 5.97 Å². The Morgan fingerprint density at radius 2 is 1.88 bits per heavy atom. The highest BCUT2D eigenvalue weighted by molar-refractivity contribution is 5.68. The molecule has 5 nitrogen and oxygen atoms in total. The maximum atomic E-state index is 10.2. The standard InChI is InChI=1S/C6H12N2O.C5H10O2/c1-7-2-4-8(6-9)5-3-7;1-3-4-5(6)7-2/h6H,2-5H2,1H3;3-4H2,1-2H3. The first kappa shape index (κ1) is 14.9. The van der Waals surface area contributed by atoms with Crippen molar-refractivity contribution in [2.24, 2.45) is 0 Å². The zero-order valence-electron chi connectivity index (χ0n) is 10.4. The molecule has 0 aromatic carbocycles. The molecule has 0 spiro atoms. The van der Waals surface area contributed by atoms with Crippen molar-refractivity contribution >= 4 is 12.4 Å². The summed E-state index contributed by atoms with van der Waals surface area (Å²) in [5.41, 5.74) is 0. The number of amides is 1. The first-order valence-electron chi connectivity index (χ1n) is 5.58. The molecule has 0 radical (unpaired) electrons. The number of ether oxygens (including phenoxy) is 1. The van der Waals surface area contributed by atoms with Crippen LogP contribution in [0.3, 0.4) is 0 Å². The third-order valence-corrected chi connectivity index (χ3v) is 2.37. The number of piperazine rings is 1. The minimum atomic E-state index is -0.123. The average Bonchev–Trinajstić information content (AvgIpc) is 2.31. The topological polar surface area (TPSA) is 49.9 Å². The first-order chi connectivity index (χ1) is 7.63. The molecule has 94 valence electrons. The van der Waals surface area contributed by atoms with Crippen LogP contribution in [-0.4, -0.2) is 62.5 Å². The summed E-state index contributed by atoms with van der Waals surface area (Å²) in [4.78, 5) is 24.4. The number of hydrogen-bond donors (Lipinski definition) is 0. The molecule has 1 aliphatic rings. The summed E-state index contributed by atoms with van der Waals surface area (Å²) in [5, 5.41) is 0. The highest BCUT2D eigenvalue weighted by Gasteiger charge is 2.10. The number of nitrogens with zero attached hydrogens (tertiary/aromatic N) is 2. The molecule has 1 aliphatic heterocycles. The van der Waals surface area contributed by atoms with E-state index >= 15 is 0 Å². The van der Waals surface area contributed by atoms with E-state index in [1.807, 2.05) is 6.92 Å². The minimum Gasteiger partial charge on any atom is -0.469 e. The molecule has 1 fully saturated rings. The van der Waals surface area contributed by atoms with Crippen LogP contribution in [-0.2, 0) is 14.3 Å². The Hall–Kier alpha value is -1.10. The Morgan fingerprint density at radius 1 is 1.31 bits per heavy atom. The van der Waals surface area contributed by atoms with E-state index in [9.17, 15) is 9.59 Å². The molecular formula is C11H22N2O3. The Bertz CT molecular complexity index is 201. The lowest BCUT2D eigenvalue weighted by atomic mass is 10.3. The molecule has 1 heterocycles. The van der Waals surface area contributed by atoms with Gasteiger partial charge in [0.1, 0.15) is 0 Å². The molecule has 0 aromatic heterocycles. The van der Waals surface area contributed by atoms with Gasteiger partial charge in [-0.05, 0) is 13.5 Å². The van der Waals surface area contributed by atoms with Gasteiger partial charge in [-0.1, -0.05) is 6.92 Å². The van der Waals surface area contributed by atoms with Gasteiger partial charge in [-0.25, -0.2) is 0 Å². The monoisotopic (exact) mass is 230 g/mol. The molecular weight excluding hydrogens is 208 g/mol. The summed E-state index contributed by atoms with van der Waals surface area (Å²) in [6.45, 7) is 5.74. The molecule has 0 unspecified atom stereocenters. The Morgan fingerprint density at radius 3 is 2.19 bits per heavy atom. The molecule has 0 aromatic rings. The fourth-order valence-corrected chi connectivity index (χ4v) is 1.23. The van der Waals surface area contributed by atoms with Crippen LogP contribution in [0.25, 0.3) is 0 Å². The van der Waals surface area contributed by atoms with Crippen molar-refractivity contribution in [3.8, 4) is 0 Å². The van der Waals surface area contributed by atoms with Gasteiger partial charge in [0.15, 0.2) is 0 Å². The Balaban J connectivity index is 0.000000293. The van der Waals surface area contributed by atoms with E-state index in [0.29, 0.717) is 6.42 Å². The number of carbonyl (C=O) groups excluding carboxylic acids is 2. The third kappa shape index (κ3) is 7.23. The average molecular weight is 230 g/mol. The van der Waals surface area contributed by atoms with Gasteiger partial charge in [0, 0.05) is 32.6 Å². The highest BCUT2D eigenvalue weighted by Crippen LogP contribution is 1.94. The smallest absolute Gasteiger partial charge is 0.305 e. The van der Waals surface area contributed by atoms with E-state index in [0.717, 1.165) is 39.0 Å². The van der Waals surface area contributed by atoms with Crippen molar-refractivity contribution in [2.75, 3.05) is 40.3 Å². The number of likely N-dealkylation sites (N-methyl/N-ethyl adjacent to an activating group) is 1. The normalized spacial score (nSPS) is 16.1. The summed E-state index contributed by atoms with van der Waals surface area (Å²) < 4.78 is 4.35. The maximum absolute atomic E-state index is 10.2. The van der Waals surface area contributed by atoms with Crippen LogP contribution in [0, 0.1) is 0 Å². The van der Waals surface area contributed by atoms with E-state index in [2.05, 4.69) is 16.7 Å². The summed E-state index contributed by atoms with van der Waals surface area (Å²) in [5.74, 6) is -0.123. The van der Waals surface area contributed by atoms with Crippen molar-refractivity contribution in [3.05, 3.63) is 0 Å². The Labute approximate surface area is 97.3 Å². The van der Waals surface area contributed by atoms with E-state index in [1.54, 1.807) is 4.90 Å². The molecule has 1 amide bonds. The van der Waals surface area contributed by atoms with Gasteiger partial charge < -0.3 is 14.5 Å². The molecule has 5 heteroatoms. The van der Waals surface area contributed by atoms with E-state index in [1.165, 1.54) is 7.11 Å². The predicted octanol–water partition coefficient (Wildman–Crippen LogP) is 0.350. The van der Waals surface area contributed by atoms with Crippen LogP contribution in [0.2, 0.25) is 0 Å². The molecule has 0 saturated carbocycles. The van der Waals surface area contributed by atoms with Crippen molar-refractivity contribution in [1.29, 1.82) is 0 Å². The van der Waals surface area contributed by atoms with Crippen LogP contribution < -0.4 is 0 Å². The fourth-order valence-electron chi connectivity index (χ4n) is 1.23. The molecule has 0 N–H and O–H groups in total. The van der Waals surface area contributed by atoms with Gasteiger partial charge in [0.05, 0.1) is 7.11 Å².